The predicted octanol–water partition coefficient (Wildman–Crippen LogP) is 5.75. The molecule has 1 fully saturated rings. The fourth-order valence-electron chi connectivity index (χ4n) is 2.52. The Balaban J connectivity index is 1.71. The zero-order valence-electron chi connectivity index (χ0n) is 15.1. The molecule has 1 heterocycles. The second-order valence-electron chi connectivity index (χ2n) is 6.30. The van der Waals surface area contributed by atoms with Crippen LogP contribution in [-0.4, -0.2) is 22.2 Å². The average Bonchev–Trinajstić information content (AvgIpc) is 2.92. The first kappa shape index (κ1) is 19.5. The van der Waals surface area contributed by atoms with Gasteiger partial charge >= 0.3 is 0 Å². The molecule has 0 bridgehead atoms. The summed E-state index contributed by atoms with van der Waals surface area (Å²) in [6.07, 6.45) is 2.82. The van der Waals surface area contributed by atoms with Crippen molar-refractivity contribution in [3.8, 4) is 5.75 Å². The van der Waals surface area contributed by atoms with Gasteiger partial charge in [0.2, 0.25) is 0 Å². The Hall–Kier alpha value is -2.24. The van der Waals surface area contributed by atoms with E-state index in [0.29, 0.717) is 9.93 Å². The van der Waals surface area contributed by atoms with E-state index in [1.165, 1.54) is 4.90 Å². The summed E-state index contributed by atoms with van der Waals surface area (Å²) >= 11 is 6.84. The Morgan fingerprint density at radius 2 is 1.78 bits per heavy atom. The molecule has 1 aliphatic rings. The predicted molar refractivity (Wildman–Crippen MR) is 110 cm³/mol. The van der Waals surface area contributed by atoms with Crippen molar-refractivity contribution in [1.29, 1.82) is 0 Å². The Labute approximate surface area is 168 Å². The first-order valence-corrected chi connectivity index (χ1v) is 9.92. The minimum Gasteiger partial charge on any atom is -0.491 e. The van der Waals surface area contributed by atoms with Crippen molar-refractivity contribution in [1.82, 2.24) is 4.90 Å². The van der Waals surface area contributed by atoms with Gasteiger partial charge in [0.15, 0.2) is 0 Å². The van der Waals surface area contributed by atoms with Crippen molar-refractivity contribution in [2.24, 2.45) is 0 Å². The number of amides is 2. The van der Waals surface area contributed by atoms with Crippen molar-refractivity contribution in [3.63, 3.8) is 0 Å². The first-order chi connectivity index (χ1) is 13.0. The van der Waals surface area contributed by atoms with Crippen molar-refractivity contribution >= 4 is 40.6 Å². The highest BCUT2D eigenvalue weighted by molar-refractivity contribution is 8.18. The smallest absolute Gasteiger partial charge is 0.293 e. The molecule has 6 heteroatoms. The lowest BCUT2D eigenvalue weighted by Crippen LogP contribution is -2.27. The van der Waals surface area contributed by atoms with Crippen LogP contribution in [0.1, 0.15) is 31.4 Å². The number of nitrogens with zero attached hydrogens (tertiary/aromatic N) is 1. The standard InChI is InChI=1S/C21H20ClNO3S/c1-3-14(2)26-18-10-6-15(7-11-18)12-19-20(24)23(21(25)27-19)13-16-4-8-17(22)9-5-16/h4-12,14H,3,13H2,1-2H3/b19-12-/t14-/m1/s1. The Kier molecular flexibility index (Phi) is 6.24. The van der Waals surface area contributed by atoms with E-state index >= 15 is 0 Å². The van der Waals surface area contributed by atoms with Gasteiger partial charge in [-0.25, -0.2) is 0 Å². The summed E-state index contributed by atoms with van der Waals surface area (Å²) in [6.45, 7) is 4.32. The molecular weight excluding hydrogens is 382 g/mol. The molecule has 0 spiro atoms. The third kappa shape index (κ3) is 4.93. The average molecular weight is 402 g/mol. The number of hydrogen-bond donors (Lipinski definition) is 0. The number of carbonyl (C=O) groups excluding carboxylic acids is 2. The number of ether oxygens (including phenoxy) is 1. The summed E-state index contributed by atoms with van der Waals surface area (Å²) in [5.41, 5.74) is 1.71. The fourth-order valence-corrected chi connectivity index (χ4v) is 3.48. The largest absolute Gasteiger partial charge is 0.491 e. The van der Waals surface area contributed by atoms with Gasteiger partial charge < -0.3 is 4.74 Å². The molecule has 1 saturated heterocycles. The zero-order valence-corrected chi connectivity index (χ0v) is 16.7. The lowest BCUT2D eigenvalue weighted by atomic mass is 10.2. The van der Waals surface area contributed by atoms with Crippen LogP contribution >= 0.6 is 23.4 Å². The maximum absolute atomic E-state index is 12.6. The van der Waals surface area contributed by atoms with Crippen LogP contribution in [0.25, 0.3) is 6.08 Å². The number of carbonyl (C=O) groups is 2. The lowest BCUT2D eigenvalue weighted by Gasteiger charge is -2.12. The van der Waals surface area contributed by atoms with Gasteiger partial charge in [0.1, 0.15) is 5.75 Å². The molecule has 0 aromatic heterocycles. The molecular formula is C21H20ClNO3S. The monoisotopic (exact) mass is 401 g/mol. The highest BCUT2D eigenvalue weighted by Gasteiger charge is 2.34. The highest BCUT2D eigenvalue weighted by atomic mass is 35.5. The molecule has 2 amide bonds. The molecule has 0 radical (unpaired) electrons. The van der Waals surface area contributed by atoms with E-state index in [2.05, 4.69) is 6.92 Å². The van der Waals surface area contributed by atoms with Crippen molar-refractivity contribution < 1.29 is 14.3 Å². The van der Waals surface area contributed by atoms with Crippen LogP contribution in [-0.2, 0) is 11.3 Å². The normalized spacial score (nSPS) is 16.9. The lowest BCUT2D eigenvalue weighted by molar-refractivity contribution is -0.123. The topological polar surface area (TPSA) is 46.6 Å². The van der Waals surface area contributed by atoms with E-state index in [4.69, 9.17) is 16.3 Å². The molecule has 27 heavy (non-hydrogen) atoms. The molecule has 140 valence electrons. The van der Waals surface area contributed by atoms with E-state index in [9.17, 15) is 9.59 Å². The van der Waals surface area contributed by atoms with E-state index in [-0.39, 0.29) is 23.8 Å². The van der Waals surface area contributed by atoms with E-state index in [0.717, 1.165) is 35.1 Å². The molecule has 0 unspecified atom stereocenters. The molecule has 0 aliphatic carbocycles. The summed E-state index contributed by atoms with van der Waals surface area (Å²) in [5, 5.41) is 0.353. The summed E-state index contributed by atoms with van der Waals surface area (Å²) in [6, 6.07) is 14.6. The minimum atomic E-state index is -0.278. The maximum Gasteiger partial charge on any atom is 0.293 e. The molecule has 3 rings (SSSR count). The van der Waals surface area contributed by atoms with Crippen molar-refractivity contribution in [2.75, 3.05) is 0 Å². The summed E-state index contributed by atoms with van der Waals surface area (Å²) in [4.78, 5) is 26.5. The molecule has 0 N–H and O–H groups in total. The zero-order chi connectivity index (χ0) is 19.4. The van der Waals surface area contributed by atoms with E-state index in [1.54, 1.807) is 18.2 Å². The van der Waals surface area contributed by atoms with E-state index < -0.39 is 0 Å². The Bertz CT molecular complexity index is 862. The maximum atomic E-state index is 12.6. The van der Waals surface area contributed by atoms with Crippen LogP contribution in [0, 0.1) is 0 Å². The van der Waals surface area contributed by atoms with Gasteiger partial charge in [-0.3, -0.25) is 14.5 Å². The van der Waals surface area contributed by atoms with Gasteiger partial charge in [0, 0.05) is 5.02 Å². The summed E-state index contributed by atoms with van der Waals surface area (Å²) < 4.78 is 5.75. The SMILES string of the molecule is CC[C@@H](C)Oc1ccc(/C=C2\SC(=O)N(Cc3ccc(Cl)cc3)C2=O)cc1. The number of benzene rings is 2. The van der Waals surface area contributed by atoms with Crippen LogP contribution in [0.4, 0.5) is 4.79 Å². The van der Waals surface area contributed by atoms with Gasteiger partial charge in [-0.2, -0.15) is 0 Å². The molecule has 1 aliphatic heterocycles. The molecule has 1 atom stereocenters. The first-order valence-electron chi connectivity index (χ1n) is 8.73. The minimum absolute atomic E-state index is 0.153. The number of halogens is 1. The second-order valence-corrected chi connectivity index (χ2v) is 7.73. The number of thioether (sulfide) groups is 1. The Morgan fingerprint density at radius 3 is 2.41 bits per heavy atom. The summed E-state index contributed by atoms with van der Waals surface area (Å²) in [7, 11) is 0. The highest BCUT2D eigenvalue weighted by Crippen LogP contribution is 2.33. The van der Waals surface area contributed by atoms with Gasteiger partial charge in [0.25, 0.3) is 11.1 Å². The van der Waals surface area contributed by atoms with Crippen LogP contribution in [0.3, 0.4) is 0 Å². The second kappa shape index (κ2) is 8.63. The Morgan fingerprint density at radius 1 is 1.11 bits per heavy atom. The molecule has 2 aromatic rings. The van der Waals surface area contributed by atoms with Crippen LogP contribution < -0.4 is 4.74 Å². The quantitative estimate of drug-likeness (QED) is 0.578. The van der Waals surface area contributed by atoms with Gasteiger partial charge in [-0.05, 0) is 66.6 Å². The van der Waals surface area contributed by atoms with Crippen molar-refractivity contribution in [2.45, 2.75) is 32.9 Å². The molecule has 2 aromatic carbocycles. The van der Waals surface area contributed by atoms with Crippen molar-refractivity contribution in [3.05, 3.63) is 69.6 Å². The van der Waals surface area contributed by atoms with Crippen LogP contribution in [0.2, 0.25) is 5.02 Å². The number of imide groups is 1. The van der Waals surface area contributed by atoms with Crippen LogP contribution in [0.5, 0.6) is 5.75 Å². The van der Waals surface area contributed by atoms with Gasteiger partial charge in [-0.15, -0.1) is 0 Å². The third-order valence-electron chi connectivity index (χ3n) is 4.22. The van der Waals surface area contributed by atoms with Crippen LogP contribution in [0.15, 0.2) is 53.4 Å². The summed E-state index contributed by atoms with van der Waals surface area (Å²) in [5.74, 6) is 0.511. The molecule has 0 saturated carbocycles. The van der Waals surface area contributed by atoms with E-state index in [1.807, 2.05) is 43.3 Å². The third-order valence-corrected chi connectivity index (χ3v) is 5.38. The number of rotatable bonds is 6. The fraction of sp³-hybridized carbons (Fsp3) is 0.238. The van der Waals surface area contributed by atoms with Gasteiger partial charge in [-0.1, -0.05) is 42.8 Å². The number of hydrogen-bond acceptors (Lipinski definition) is 4. The van der Waals surface area contributed by atoms with Gasteiger partial charge in [0.05, 0.1) is 17.6 Å². The molecule has 4 nitrogen and oxygen atoms in total.